The third-order valence-electron chi connectivity index (χ3n) is 4.19. The van der Waals surface area contributed by atoms with E-state index in [1.54, 1.807) is 36.4 Å². The van der Waals surface area contributed by atoms with Crippen LogP contribution in [0.4, 0.5) is 14.7 Å². The highest BCUT2D eigenvalue weighted by molar-refractivity contribution is 5.77. The van der Waals surface area contributed by atoms with Gasteiger partial charge in [-0.1, -0.05) is 30.3 Å². The van der Waals surface area contributed by atoms with Gasteiger partial charge < -0.3 is 10.1 Å². The summed E-state index contributed by atoms with van der Waals surface area (Å²) in [6.07, 6.45) is 3.07. The molecule has 1 atom stereocenters. The molecular weight excluding hydrogens is 388 g/mol. The minimum atomic E-state index is -2.98. The second-order valence-electron chi connectivity index (χ2n) is 5.94. The molecule has 29 heavy (non-hydrogen) atoms. The van der Waals surface area contributed by atoms with E-state index in [1.807, 2.05) is 0 Å². The summed E-state index contributed by atoms with van der Waals surface area (Å²) in [5.74, 6) is 0.428. The van der Waals surface area contributed by atoms with E-state index in [9.17, 15) is 18.9 Å². The molecule has 0 aliphatic carbocycles. The van der Waals surface area contributed by atoms with E-state index in [-0.39, 0.29) is 11.5 Å². The molecule has 1 aliphatic heterocycles. The standard InChI is InChI=1S/C18H13F2N5O4/c19-17(20)28-16-7-2-1-6-13(16)15-9-14(23-18-21-10-22-24(15)18)11-4-3-5-12(8-11)29-25(26)27/h1-10,15,17H,(H,21,22,23). The number of rotatable bonds is 6. The van der Waals surface area contributed by atoms with Crippen molar-refractivity contribution in [3.63, 3.8) is 0 Å². The molecule has 9 nitrogen and oxygen atoms in total. The van der Waals surface area contributed by atoms with Crippen LogP contribution in [-0.2, 0) is 0 Å². The fourth-order valence-electron chi connectivity index (χ4n) is 3.06. The number of anilines is 1. The third-order valence-corrected chi connectivity index (χ3v) is 4.19. The number of halogens is 2. The highest BCUT2D eigenvalue weighted by Gasteiger charge is 2.26. The number of allylic oxidation sites excluding steroid dienone is 1. The van der Waals surface area contributed by atoms with Crippen molar-refractivity contribution in [1.82, 2.24) is 14.8 Å². The minimum absolute atomic E-state index is 0.0110. The molecule has 0 amide bonds. The monoisotopic (exact) mass is 401 g/mol. The Kier molecular flexibility index (Phi) is 4.77. The van der Waals surface area contributed by atoms with E-state index in [1.165, 1.54) is 29.2 Å². The SMILES string of the molecule is O=[N+]([O-])Oc1cccc(C2=CC(c3ccccc3OC(F)F)n3ncnc3N2)c1. The molecule has 0 saturated heterocycles. The second kappa shape index (κ2) is 7.54. The summed E-state index contributed by atoms with van der Waals surface area (Å²) in [6, 6.07) is 12.0. The maximum Gasteiger partial charge on any atom is 0.387 e. The van der Waals surface area contributed by atoms with Gasteiger partial charge in [-0.05, 0) is 29.8 Å². The van der Waals surface area contributed by atoms with Gasteiger partial charge in [0.05, 0.1) is 0 Å². The number of hydrogen-bond donors (Lipinski definition) is 1. The molecule has 1 aromatic heterocycles. The Labute approximate surface area is 162 Å². The number of ether oxygens (including phenoxy) is 1. The van der Waals surface area contributed by atoms with Gasteiger partial charge in [0.25, 0.3) is 5.09 Å². The fourth-order valence-corrected chi connectivity index (χ4v) is 3.06. The summed E-state index contributed by atoms with van der Waals surface area (Å²) in [5.41, 5.74) is 1.59. The molecule has 0 radical (unpaired) electrons. The first-order valence-electron chi connectivity index (χ1n) is 8.36. The van der Waals surface area contributed by atoms with Crippen molar-refractivity contribution in [2.45, 2.75) is 12.7 Å². The van der Waals surface area contributed by atoms with Gasteiger partial charge in [-0.3, -0.25) is 4.84 Å². The van der Waals surface area contributed by atoms with Crippen LogP contribution in [0.3, 0.4) is 0 Å². The molecule has 0 bridgehead atoms. The van der Waals surface area contributed by atoms with Crippen molar-refractivity contribution in [1.29, 1.82) is 0 Å². The van der Waals surface area contributed by atoms with Gasteiger partial charge in [0.15, 0.2) is 0 Å². The highest BCUT2D eigenvalue weighted by atomic mass is 19.3. The summed E-state index contributed by atoms with van der Waals surface area (Å²) < 4.78 is 31.9. The first kappa shape index (κ1) is 18.3. The van der Waals surface area contributed by atoms with Crippen molar-refractivity contribution >= 4 is 11.6 Å². The van der Waals surface area contributed by atoms with E-state index in [0.29, 0.717) is 22.8 Å². The number of aromatic nitrogens is 3. The van der Waals surface area contributed by atoms with Gasteiger partial charge in [0.2, 0.25) is 5.95 Å². The van der Waals surface area contributed by atoms with Gasteiger partial charge in [-0.2, -0.15) is 18.9 Å². The Morgan fingerprint density at radius 2 is 2.03 bits per heavy atom. The lowest BCUT2D eigenvalue weighted by Gasteiger charge is -2.25. The van der Waals surface area contributed by atoms with E-state index < -0.39 is 17.7 Å². The minimum Gasteiger partial charge on any atom is -0.434 e. The summed E-state index contributed by atoms with van der Waals surface area (Å²) in [5, 5.41) is 16.9. The van der Waals surface area contributed by atoms with Gasteiger partial charge >= 0.3 is 6.61 Å². The van der Waals surface area contributed by atoms with E-state index in [4.69, 9.17) is 0 Å². The molecule has 1 aliphatic rings. The maximum absolute atomic E-state index is 12.8. The Bertz CT molecular complexity index is 1090. The van der Waals surface area contributed by atoms with Gasteiger partial charge in [0, 0.05) is 11.3 Å². The average Bonchev–Trinajstić information content (AvgIpc) is 3.16. The molecule has 0 spiro atoms. The molecule has 0 saturated carbocycles. The molecule has 148 valence electrons. The van der Waals surface area contributed by atoms with Crippen LogP contribution in [0.15, 0.2) is 60.9 Å². The summed E-state index contributed by atoms with van der Waals surface area (Å²) in [6.45, 7) is -2.98. The van der Waals surface area contributed by atoms with Crippen LogP contribution < -0.4 is 14.9 Å². The molecule has 2 aromatic carbocycles. The van der Waals surface area contributed by atoms with Crippen LogP contribution in [0.2, 0.25) is 0 Å². The predicted octanol–water partition coefficient (Wildman–Crippen LogP) is 3.51. The third kappa shape index (κ3) is 3.83. The molecule has 1 unspecified atom stereocenters. The zero-order valence-corrected chi connectivity index (χ0v) is 14.6. The lowest BCUT2D eigenvalue weighted by molar-refractivity contribution is -0.711. The van der Waals surface area contributed by atoms with Crippen LogP contribution in [0.1, 0.15) is 17.2 Å². The lowest BCUT2D eigenvalue weighted by atomic mass is 10.0. The number of fused-ring (bicyclic) bond motifs is 1. The van der Waals surface area contributed by atoms with E-state index in [2.05, 4.69) is 25.0 Å². The smallest absolute Gasteiger partial charge is 0.387 e. The second-order valence-corrected chi connectivity index (χ2v) is 5.94. The first-order chi connectivity index (χ1) is 14.0. The van der Waals surface area contributed by atoms with Crippen molar-refractivity contribution < 1.29 is 23.4 Å². The lowest BCUT2D eigenvalue weighted by Crippen LogP contribution is -2.21. The summed E-state index contributed by atoms with van der Waals surface area (Å²) >= 11 is 0. The molecule has 2 heterocycles. The number of benzene rings is 2. The average molecular weight is 401 g/mol. The largest absolute Gasteiger partial charge is 0.434 e. The van der Waals surface area contributed by atoms with Gasteiger partial charge in [-0.15, -0.1) is 10.1 Å². The normalized spacial score (nSPS) is 15.3. The number of alkyl halides is 2. The Morgan fingerprint density at radius 1 is 1.21 bits per heavy atom. The van der Waals surface area contributed by atoms with Crippen LogP contribution in [0.25, 0.3) is 5.70 Å². The quantitative estimate of drug-likeness (QED) is 0.498. The Balaban J connectivity index is 1.77. The Hall–Kier alpha value is -4.02. The van der Waals surface area contributed by atoms with Crippen LogP contribution in [0, 0.1) is 10.1 Å². The van der Waals surface area contributed by atoms with Crippen molar-refractivity contribution in [3.05, 3.63) is 82.2 Å². The highest BCUT2D eigenvalue weighted by Crippen LogP contribution is 2.36. The van der Waals surface area contributed by atoms with E-state index >= 15 is 0 Å². The van der Waals surface area contributed by atoms with Crippen LogP contribution in [0.5, 0.6) is 11.5 Å². The number of hydrogen-bond acceptors (Lipinski definition) is 7. The molecule has 11 heteroatoms. The summed E-state index contributed by atoms with van der Waals surface area (Å²) in [7, 11) is 0. The maximum atomic E-state index is 12.8. The number of nitrogens with one attached hydrogen (secondary N) is 1. The molecule has 1 N–H and O–H groups in total. The Morgan fingerprint density at radius 3 is 2.83 bits per heavy atom. The first-order valence-corrected chi connectivity index (χ1v) is 8.36. The molecule has 3 aromatic rings. The van der Waals surface area contributed by atoms with Crippen LogP contribution >= 0.6 is 0 Å². The van der Waals surface area contributed by atoms with Crippen LogP contribution in [-0.4, -0.2) is 26.5 Å². The fraction of sp³-hybridized carbons (Fsp3) is 0.111. The summed E-state index contributed by atoms with van der Waals surface area (Å²) in [4.78, 5) is 19.3. The molecule has 0 fully saturated rings. The molecular formula is C18H13F2N5O4. The number of para-hydroxylation sites is 1. The zero-order chi connectivity index (χ0) is 20.4. The van der Waals surface area contributed by atoms with Crippen molar-refractivity contribution in [2.75, 3.05) is 5.32 Å². The van der Waals surface area contributed by atoms with Crippen molar-refractivity contribution in [2.24, 2.45) is 0 Å². The van der Waals surface area contributed by atoms with Gasteiger partial charge in [-0.25, -0.2) is 4.68 Å². The predicted molar refractivity (Wildman–Crippen MR) is 96.9 cm³/mol. The topological polar surface area (TPSA) is 104 Å². The zero-order valence-electron chi connectivity index (χ0n) is 14.6. The van der Waals surface area contributed by atoms with Crippen molar-refractivity contribution in [3.8, 4) is 11.5 Å². The number of nitrogens with zero attached hydrogens (tertiary/aromatic N) is 4. The van der Waals surface area contributed by atoms with E-state index in [0.717, 1.165) is 0 Å². The van der Waals surface area contributed by atoms with Gasteiger partial charge in [0.1, 0.15) is 23.9 Å². The molecule has 4 rings (SSSR count).